The van der Waals surface area contributed by atoms with E-state index in [1.807, 2.05) is 0 Å². The Bertz CT molecular complexity index is 280. The third-order valence-electron chi connectivity index (χ3n) is 1.64. The zero-order valence-corrected chi connectivity index (χ0v) is 10.0. The van der Waals surface area contributed by atoms with Crippen molar-refractivity contribution in [3.05, 3.63) is 28.2 Å². The summed E-state index contributed by atoms with van der Waals surface area (Å²) in [6.07, 6.45) is 2.06. The maximum absolute atomic E-state index is 4.77. The minimum Gasteiger partial charge on any atom is -0.305 e. The monoisotopic (exact) mass is 261 g/mol. The molecule has 0 radical (unpaired) electrons. The molecule has 0 aliphatic heterocycles. The van der Waals surface area contributed by atoms with E-state index in [1.54, 1.807) is 18.9 Å². The van der Waals surface area contributed by atoms with E-state index in [-0.39, 0.29) is 0 Å². The number of hydroxylamine groups is 1. The molecular weight excluding hydrogens is 250 g/mol. The van der Waals surface area contributed by atoms with Crippen LogP contribution in [0.5, 0.6) is 0 Å². The van der Waals surface area contributed by atoms with Gasteiger partial charge in [0.1, 0.15) is 0 Å². The van der Waals surface area contributed by atoms with Gasteiger partial charge in [-0.1, -0.05) is 6.07 Å². The van der Waals surface area contributed by atoms with E-state index >= 15 is 0 Å². The molecule has 0 amide bonds. The lowest BCUT2D eigenvalue weighted by molar-refractivity contribution is 0.0867. The highest BCUT2D eigenvalue weighted by Crippen LogP contribution is 2.26. The van der Waals surface area contributed by atoms with Gasteiger partial charge >= 0.3 is 0 Å². The summed E-state index contributed by atoms with van der Waals surface area (Å²) >= 11 is 5.24. The number of halogens is 1. The van der Waals surface area contributed by atoms with Crippen LogP contribution in [0.4, 0.5) is 0 Å². The summed E-state index contributed by atoms with van der Waals surface area (Å²) in [7, 11) is 1.62. The fourth-order valence-electron chi connectivity index (χ4n) is 0.975. The maximum Gasteiger partial charge on any atom is 0.0572 e. The minimum absolute atomic E-state index is 0.726. The SMILES string of the molecule is CONCc1ccc(SC)c(Br)c1. The van der Waals surface area contributed by atoms with E-state index in [0.29, 0.717) is 0 Å². The molecule has 0 fully saturated rings. The third kappa shape index (κ3) is 3.31. The first-order chi connectivity index (χ1) is 6.27. The molecular formula is C9H12BrNOS. The second-order valence-corrected chi connectivity index (χ2v) is 4.20. The van der Waals surface area contributed by atoms with Crippen molar-refractivity contribution in [1.82, 2.24) is 5.48 Å². The normalized spacial score (nSPS) is 10.4. The molecule has 0 saturated heterocycles. The first-order valence-electron chi connectivity index (χ1n) is 3.86. The van der Waals surface area contributed by atoms with Crippen LogP contribution in [-0.4, -0.2) is 13.4 Å². The van der Waals surface area contributed by atoms with Crippen molar-refractivity contribution in [3.8, 4) is 0 Å². The third-order valence-corrected chi connectivity index (χ3v) is 3.35. The molecule has 0 heterocycles. The average Bonchev–Trinajstić information content (AvgIpc) is 2.15. The molecule has 2 nitrogen and oxygen atoms in total. The van der Waals surface area contributed by atoms with Gasteiger partial charge in [-0.15, -0.1) is 11.8 Å². The van der Waals surface area contributed by atoms with Crippen LogP contribution in [0.3, 0.4) is 0 Å². The van der Waals surface area contributed by atoms with Crippen LogP contribution in [0.1, 0.15) is 5.56 Å². The fourth-order valence-corrected chi connectivity index (χ4v) is 2.35. The molecule has 1 aromatic rings. The lowest BCUT2D eigenvalue weighted by Gasteiger charge is -2.05. The number of benzene rings is 1. The zero-order valence-electron chi connectivity index (χ0n) is 7.63. The topological polar surface area (TPSA) is 21.3 Å². The Balaban J connectivity index is 2.71. The predicted octanol–water partition coefficient (Wildman–Crippen LogP) is 2.82. The molecule has 0 saturated carbocycles. The summed E-state index contributed by atoms with van der Waals surface area (Å²) in [4.78, 5) is 6.02. The molecule has 1 rings (SSSR count). The number of hydrogen-bond donors (Lipinski definition) is 1. The molecule has 0 unspecified atom stereocenters. The lowest BCUT2D eigenvalue weighted by Crippen LogP contribution is -2.10. The van der Waals surface area contributed by atoms with Gasteiger partial charge in [0.2, 0.25) is 0 Å². The molecule has 0 aliphatic carbocycles. The van der Waals surface area contributed by atoms with Gasteiger partial charge in [-0.25, -0.2) is 0 Å². The van der Waals surface area contributed by atoms with E-state index in [4.69, 9.17) is 4.84 Å². The van der Waals surface area contributed by atoms with Gasteiger partial charge in [-0.3, -0.25) is 0 Å². The zero-order chi connectivity index (χ0) is 9.68. The highest BCUT2D eigenvalue weighted by atomic mass is 79.9. The Morgan fingerprint density at radius 3 is 2.85 bits per heavy atom. The molecule has 0 aromatic heterocycles. The van der Waals surface area contributed by atoms with Crippen molar-refractivity contribution in [1.29, 1.82) is 0 Å². The van der Waals surface area contributed by atoms with Gasteiger partial charge in [-0.05, 0) is 39.9 Å². The highest BCUT2D eigenvalue weighted by molar-refractivity contribution is 9.10. The maximum atomic E-state index is 4.77. The summed E-state index contributed by atoms with van der Waals surface area (Å²) < 4.78 is 1.13. The summed E-state index contributed by atoms with van der Waals surface area (Å²) in [5.74, 6) is 0. The van der Waals surface area contributed by atoms with Crippen molar-refractivity contribution in [2.45, 2.75) is 11.4 Å². The van der Waals surface area contributed by atoms with Crippen LogP contribution in [0, 0.1) is 0 Å². The van der Waals surface area contributed by atoms with Crippen molar-refractivity contribution in [2.75, 3.05) is 13.4 Å². The number of nitrogens with one attached hydrogen (secondary N) is 1. The van der Waals surface area contributed by atoms with Crippen LogP contribution in [-0.2, 0) is 11.4 Å². The standard InChI is InChI=1S/C9H12BrNOS/c1-12-11-6-7-3-4-9(13-2)8(10)5-7/h3-5,11H,6H2,1-2H3. The van der Waals surface area contributed by atoms with Gasteiger partial charge in [0.05, 0.1) is 7.11 Å². The minimum atomic E-state index is 0.726. The number of rotatable bonds is 4. The van der Waals surface area contributed by atoms with Crippen LogP contribution >= 0.6 is 27.7 Å². The number of hydrogen-bond acceptors (Lipinski definition) is 3. The predicted molar refractivity (Wildman–Crippen MR) is 59.8 cm³/mol. The van der Waals surface area contributed by atoms with Crippen molar-refractivity contribution >= 4 is 27.7 Å². The lowest BCUT2D eigenvalue weighted by atomic mass is 10.2. The Labute approximate surface area is 91.1 Å². The summed E-state index contributed by atoms with van der Waals surface area (Å²) in [5.41, 5.74) is 4.00. The van der Waals surface area contributed by atoms with Gasteiger partial charge in [0.15, 0.2) is 0 Å². The summed E-state index contributed by atoms with van der Waals surface area (Å²) in [6, 6.07) is 6.28. The van der Waals surface area contributed by atoms with Crippen LogP contribution in [0.25, 0.3) is 0 Å². The first-order valence-corrected chi connectivity index (χ1v) is 5.88. The fraction of sp³-hybridized carbons (Fsp3) is 0.333. The average molecular weight is 262 g/mol. The molecule has 1 N–H and O–H groups in total. The smallest absolute Gasteiger partial charge is 0.0572 e. The Hall–Kier alpha value is -0.0300. The summed E-state index contributed by atoms with van der Waals surface area (Å²) in [6.45, 7) is 0.726. The van der Waals surface area contributed by atoms with Crippen molar-refractivity contribution in [3.63, 3.8) is 0 Å². The number of thioether (sulfide) groups is 1. The molecule has 0 spiro atoms. The molecule has 4 heteroatoms. The van der Waals surface area contributed by atoms with Crippen LogP contribution < -0.4 is 5.48 Å². The largest absolute Gasteiger partial charge is 0.305 e. The highest BCUT2D eigenvalue weighted by Gasteiger charge is 1.99. The van der Waals surface area contributed by atoms with E-state index in [1.165, 1.54) is 10.5 Å². The van der Waals surface area contributed by atoms with Crippen molar-refractivity contribution in [2.24, 2.45) is 0 Å². The van der Waals surface area contributed by atoms with E-state index < -0.39 is 0 Å². The van der Waals surface area contributed by atoms with E-state index in [9.17, 15) is 0 Å². The van der Waals surface area contributed by atoms with Crippen LogP contribution in [0.15, 0.2) is 27.6 Å². The van der Waals surface area contributed by atoms with Gasteiger partial charge in [0, 0.05) is 15.9 Å². The first kappa shape index (κ1) is 11.0. The Morgan fingerprint density at radius 2 is 2.31 bits per heavy atom. The molecule has 13 heavy (non-hydrogen) atoms. The van der Waals surface area contributed by atoms with Gasteiger partial charge in [-0.2, -0.15) is 5.48 Å². The molecule has 0 aliphatic rings. The quantitative estimate of drug-likeness (QED) is 0.666. The second-order valence-electron chi connectivity index (χ2n) is 2.49. The molecule has 1 aromatic carbocycles. The molecule has 0 bridgehead atoms. The van der Waals surface area contributed by atoms with Crippen molar-refractivity contribution < 1.29 is 4.84 Å². The summed E-state index contributed by atoms with van der Waals surface area (Å²) in [5, 5.41) is 0. The Morgan fingerprint density at radius 1 is 1.54 bits per heavy atom. The van der Waals surface area contributed by atoms with E-state index in [0.717, 1.165) is 11.0 Å². The molecule has 72 valence electrons. The van der Waals surface area contributed by atoms with Gasteiger partial charge in [0.25, 0.3) is 0 Å². The Kier molecular flexibility index (Phi) is 4.80. The van der Waals surface area contributed by atoms with E-state index in [2.05, 4.69) is 45.9 Å². The van der Waals surface area contributed by atoms with Crippen LogP contribution in [0.2, 0.25) is 0 Å². The molecule has 0 atom stereocenters. The van der Waals surface area contributed by atoms with Gasteiger partial charge < -0.3 is 4.84 Å². The second kappa shape index (κ2) is 5.65.